The van der Waals surface area contributed by atoms with E-state index in [1.165, 1.54) is 0 Å². The van der Waals surface area contributed by atoms with Gasteiger partial charge in [0.2, 0.25) is 10.0 Å². The Morgan fingerprint density at radius 2 is 1.90 bits per heavy atom. The molecule has 0 saturated carbocycles. The Labute approximate surface area is 127 Å². The molecule has 0 amide bonds. The Balaban J connectivity index is 1.53. The molecule has 21 heavy (non-hydrogen) atoms. The van der Waals surface area contributed by atoms with Crippen molar-refractivity contribution in [2.45, 2.75) is 37.8 Å². The van der Waals surface area contributed by atoms with Gasteiger partial charge < -0.3 is 10.1 Å². The van der Waals surface area contributed by atoms with Crippen molar-refractivity contribution in [2.75, 3.05) is 51.6 Å². The lowest BCUT2D eigenvalue weighted by Crippen LogP contribution is -2.49. The number of rotatable bonds is 4. The van der Waals surface area contributed by atoms with Gasteiger partial charge in [-0.05, 0) is 25.7 Å². The lowest BCUT2D eigenvalue weighted by Gasteiger charge is -2.32. The highest BCUT2D eigenvalue weighted by molar-refractivity contribution is 7.89. The average molecular weight is 317 g/mol. The molecule has 3 fully saturated rings. The topological polar surface area (TPSA) is 61.9 Å². The van der Waals surface area contributed by atoms with Gasteiger partial charge in [-0.2, -0.15) is 0 Å². The van der Waals surface area contributed by atoms with Crippen LogP contribution >= 0.6 is 0 Å². The molecule has 0 spiro atoms. The highest BCUT2D eigenvalue weighted by Gasteiger charge is 2.36. The van der Waals surface area contributed by atoms with Crippen molar-refractivity contribution in [3.63, 3.8) is 0 Å². The standard InChI is InChI=1S/C14H27N3O3S/c18-21(19,12-14-3-1-2-10-20-14)17-7-4-13(11-17)16-8-5-15-6-9-16/h13-15H,1-12H2. The van der Waals surface area contributed by atoms with Crippen molar-refractivity contribution in [3.8, 4) is 0 Å². The second-order valence-corrected chi connectivity index (χ2v) is 8.37. The van der Waals surface area contributed by atoms with Gasteiger partial charge in [-0.3, -0.25) is 4.90 Å². The van der Waals surface area contributed by atoms with Crippen molar-refractivity contribution in [1.82, 2.24) is 14.5 Å². The zero-order valence-corrected chi connectivity index (χ0v) is 13.5. The van der Waals surface area contributed by atoms with Crippen LogP contribution in [-0.2, 0) is 14.8 Å². The van der Waals surface area contributed by atoms with Gasteiger partial charge in [-0.1, -0.05) is 0 Å². The summed E-state index contributed by atoms with van der Waals surface area (Å²) in [6, 6.07) is 0.397. The molecule has 2 atom stereocenters. The highest BCUT2D eigenvalue weighted by atomic mass is 32.2. The Morgan fingerprint density at radius 3 is 2.62 bits per heavy atom. The van der Waals surface area contributed by atoms with Crippen LogP contribution in [0.1, 0.15) is 25.7 Å². The molecule has 0 bridgehead atoms. The first-order valence-corrected chi connectivity index (χ1v) is 9.80. The summed E-state index contributed by atoms with van der Waals surface area (Å²) in [5, 5.41) is 3.34. The van der Waals surface area contributed by atoms with E-state index in [4.69, 9.17) is 4.74 Å². The summed E-state index contributed by atoms with van der Waals surface area (Å²) in [5.41, 5.74) is 0. The number of hydrogen-bond donors (Lipinski definition) is 1. The van der Waals surface area contributed by atoms with Gasteiger partial charge in [0.1, 0.15) is 0 Å². The normalized spacial score (nSPS) is 33.3. The largest absolute Gasteiger partial charge is 0.377 e. The summed E-state index contributed by atoms with van der Waals surface area (Å²) in [6.45, 7) is 6.13. The Bertz CT molecular complexity index is 431. The summed E-state index contributed by atoms with van der Waals surface area (Å²) < 4.78 is 32.4. The molecule has 0 aromatic carbocycles. The molecular formula is C14H27N3O3S. The first-order valence-electron chi connectivity index (χ1n) is 8.19. The molecular weight excluding hydrogens is 290 g/mol. The minimum Gasteiger partial charge on any atom is -0.377 e. The summed E-state index contributed by atoms with van der Waals surface area (Å²) in [4.78, 5) is 2.43. The fourth-order valence-corrected chi connectivity index (χ4v) is 5.31. The first kappa shape index (κ1) is 15.7. The van der Waals surface area contributed by atoms with Crippen LogP contribution in [-0.4, -0.2) is 81.4 Å². The van der Waals surface area contributed by atoms with Gasteiger partial charge in [0.15, 0.2) is 0 Å². The molecule has 3 aliphatic rings. The Hall–Kier alpha value is -0.210. The third-order valence-corrected chi connectivity index (χ3v) is 6.77. The first-order chi connectivity index (χ1) is 10.1. The van der Waals surface area contributed by atoms with Crippen molar-refractivity contribution in [3.05, 3.63) is 0 Å². The predicted molar refractivity (Wildman–Crippen MR) is 81.8 cm³/mol. The zero-order chi connectivity index (χ0) is 14.7. The lowest BCUT2D eigenvalue weighted by molar-refractivity contribution is 0.0299. The van der Waals surface area contributed by atoms with Crippen LogP contribution in [0.25, 0.3) is 0 Å². The van der Waals surface area contributed by atoms with E-state index in [9.17, 15) is 8.42 Å². The van der Waals surface area contributed by atoms with Crippen LogP contribution in [0.4, 0.5) is 0 Å². The summed E-state index contributed by atoms with van der Waals surface area (Å²) in [6.07, 6.45) is 3.90. The van der Waals surface area contributed by atoms with Crippen LogP contribution in [0.2, 0.25) is 0 Å². The van der Waals surface area contributed by atoms with Crippen molar-refractivity contribution in [1.29, 1.82) is 0 Å². The Morgan fingerprint density at radius 1 is 1.10 bits per heavy atom. The molecule has 3 saturated heterocycles. The average Bonchev–Trinajstić information content (AvgIpc) is 2.99. The van der Waals surface area contributed by atoms with Crippen LogP contribution in [0, 0.1) is 0 Å². The quantitative estimate of drug-likeness (QED) is 0.782. The molecule has 6 nitrogen and oxygen atoms in total. The van der Waals surface area contributed by atoms with Crippen LogP contribution < -0.4 is 5.32 Å². The number of sulfonamides is 1. The number of nitrogens with one attached hydrogen (secondary N) is 1. The van der Waals surface area contributed by atoms with E-state index in [0.717, 1.165) is 51.9 Å². The zero-order valence-electron chi connectivity index (χ0n) is 12.7. The molecule has 2 unspecified atom stereocenters. The molecule has 0 aliphatic carbocycles. The number of nitrogens with zero attached hydrogens (tertiary/aromatic N) is 2. The minimum atomic E-state index is -3.17. The molecule has 0 radical (unpaired) electrons. The Kier molecular flexibility index (Phi) is 5.16. The molecule has 3 rings (SSSR count). The lowest BCUT2D eigenvalue weighted by atomic mass is 10.1. The molecule has 1 N–H and O–H groups in total. The van der Waals surface area contributed by atoms with Crippen LogP contribution in [0.15, 0.2) is 0 Å². The van der Waals surface area contributed by atoms with E-state index < -0.39 is 10.0 Å². The molecule has 0 aromatic rings. The third-order valence-electron chi connectivity index (χ3n) is 4.86. The SMILES string of the molecule is O=S(=O)(CC1CCCCO1)N1CCC(N2CCNCC2)C1. The van der Waals surface area contributed by atoms with Gasteiger partial charge in [0.25, 0.3) is 0 Å². The fraction of sp³-hybridized carbons (Fsp3) is 1.00. The van der Waals surface area contributed by atoms with Gasteiger partial charge in [-0.15, -0.1) is 0 Å². The van der Waals surface area contributed by atoms with E-state index in [2.05, 4.69) is 10.2 Å². The summed E-state index contributed by atoms with van der Waals surface area (Å²) in [5.74, 6) is 0.168. The second-order valence-electron chi connectivity index (χ2n) is 6.35. The second kappa shape index (κ2) is 6.91. The van der Waals surface area contributed by atoms with Crippen LogP contribution in [0.3, 0.4) is 0 Å². The van der Waals surface area contributed by atoms with Gasteiger partial charge >= 0.3 is 0 Å². The molecule has 0 aromatic heterocycles. The maximum absolute atomic E-state index is 12.5. The van der Waals surface area contributed by atoms with Crippen molar-refractivity contribution < 1.29 is 13.2 Å². The van der Waals surface area contributed by atoms with E-state index in [1.54, 1.807) is 4.31 Å². The third kappa shape index (κ3) is 3.96. The maximum Gasteiger partial charge on any atom is 0.216 e. The van der Waals surface area contributed by atoms with Crippen molar-refractivity contribution >= 4 is 10.0 Å². The number of hydrogen-bond acceptors (Lipinski definition) is 5. The highest BCUT2D eigenvalue weighted by Crippen LogP contribution is 2.22. The van der Waals surface area contributed by atoms with E-state index >= 15 is 0 Å². The molecule has 3 heterocycles. The van der Waals surface area contributed by atoms with E-state index in [-0.39, 0.29) is 11.9 Å². The van der Waals surface area contributed by atoms with E-state index in [0.29, 0.717) is 25.7 Å². The number of ether oxygens (including phenoxy) is 1. The summed E-state index contributed by atoms with van der Waals surface area (Å²) >= 11 is 0. The van der Waals surface area contributed by atoms with Gasteiger partial charge in [0.05, 0.1) is 11.9 Å². The minimum absolute atomic E-state index is 0.0954. The molecule has 7 heteroatoms. The van der Waals surface area contributed by atoms with Gasteiger partial charge in [0, 0.05) is 51.9 Å². The fourth-order valence-electron chi connectivity index (χ4n) is 3.59. The monoisotopic (exact) mass is 317 g/mol. The summed E-state index contributed by atoms with van der Waals surface area (Å²) in [7, 11) is -3.17. The molecule has 122 valence electrons. The van der Waals surface area contributed by atoms with Crippen molar-refractivity contribution in [2.24, 2.45) is 0 Å². The maximum atomic E-state index is 12.5. The van der Waals surface area contributed by atoms with E-state index in [1.807, 2.05) is 0 Å². The number of piperazine rings is 1. The predicted octanol–water partition coefficient (Wildman–Crippen LogP) is -0.135. The molecule has 3 aliphatic heterocycles. The smallest absolute Gasteiger partial charge is 0.216 e. The van der Waals surface area contributed by atoms with Gasteiger partial charge in [-0.25, -0.2) is 12.7 Å². The van der Waals surface area contributed by atoms with Crippen LogP contribution in [0.5, 0.6) is 0 Å².